The van der Waals surface area contributed by atoms with Crippen LogP contribution in [0.5, 0.6) is 0 Å². The third-order valence-corrected chi connectivity index (χ3v) is 3.31. The summed E-state index contributed by atoms with van der Waals surface area (Å²) in [6.45, 7) is 3.91. The highest BCUT2D eigenvalue weighted by Gasteiger charge is 2.17. The van der Waals surface area contributed by atoms with Crippen LogP contribution in [0.4, 0.5) is 0 Å². The maximum atomic E-state index is 11.8. The Kier molecular flexibility index (Phi) is 2.89. The van der Waals surface area contributed by atoms with Crippen LogP contribution < -0.4 is 5.56 Å². The van der Waals surface area contributed by atoms with Crippen molar-refractivity contribution in [1.29, 1.82) is 0 Å². The summed E-state index contributed by atoms with van der Waals surface area (Å²) in [5.41, 5.74) is 2.03. The third-order valence-electron chi connectivity index (χ3n) is 3.31. The maximum absolute atomic E-state index is 11.8. The van der Waals surface area contributed by atoms with Gasteiger partial charge in [0.05, 0.1) is 11.7 Å². The Morgan fingerprint density at radius 3 is 2.60 bits per heavy atom. The molecule has 0 bridgehead atoms. The molecule has 1 aromatic rings. The fraction of sp³-hybridized carbons (Fsp3) is 0.667. The maximum Gasteiger partial charge on any atom is 0.267 e. The molecule has 1 aromatic heterocycles. The van der Waals surface area contributed by atoms with E-state index in [9.17, 15) is 4.79 Å². The highest BCUT2D eigenvalue weighted by molar-refractivity contribution is 5.13. The largest absolute Gasteiger partial charge is 0.268 e. The molecular formula is C12H18N2O. The summed E-state index contributed by atoms with van der Waals surface area (Å²) in [4.78, 5) is 11.8. The molecule has 0 N–H and O–H groups in total. The van der Waals surface area contributed by atoms with E-state index in [2.05, 4.69) is 5.10 Å². The van der Waals surface area contributed by atoms with Crippen LogP contribution in [0.25, 0.3) is 0 Å². The van der Waals surface area contributed by atoms with Crippen molar-refractivity contribution in [2.75, 3.05) is 0 Å². The molecule has 82 valence electrons. The SMILES string of the molecule is Cc1cc(=O)n(C2CCCCC2)nc1C. The molecule has 3 heteroatoms. The lowest BCUT2D eigenvalue weighted by molar-refractivity contribution is 0.316. The van der Waals surface area contributed by atoms with Crippen LogP contribution in [0.2, 0.25) is 0 Å². The predicted octanol–water partition coefficient (Wildman–Crippen LogP) is 2.37. The van der Waals surface area contributed by atoms with E-state index in [1.54, 1.807) is 10.7 Å². The van der Waals surface area contributed by atoms with Crippen LogP contribution in [-0.4, -0.2) is 9.78 Å². The lowest BCUT2D eigenvalue weighted by atomic mass is 9.95. The van der Waals surface area contributed by atoms with Gasteiger partial charge in [0.2, 0.25) is 0 Å². The molecule has 0 aromatic carbocycles. The molecule has 0 radical (unpaired) electrons. The second-order valence-corrected chi connectivity index (χ2v) is 4.49. The van der Waals surface area contributed by atoms with Gasteiger partial charge in [-0.15, -0.1) is 0 Å². The number of hydrogen-bond donors (Lipinski definition) is 0. The molecule has 1 aliphatic carbocycles. The Balaban J connectivity index is 2.34. The zero-order valence-corrected chi connectivity index (χ0v) is 9.49. The molecule has 0 aliphatic heterocycles. The first-order chi connectivity index (χ1) is 7.18. The fourth-order valence-corrected chi connectivity index (χ4v) is 2.23. The van der Waals surface area contributed by atoms with Gasteiger partial charge in [-0.1, -0.05) is 19.3 Å². The minimum Gasteiger partial charge on any atom is -0.268 e. The van der Waals surface area contributed by atoms with E-state index >= 15 is 0 Å². The Labute approximate surface area is 90.1 Å². The monoisotopic (exact) mass is 206 g/mol. The summed E-state index contributed by atoms with van der Waals surface area (Å²) in [7, 11) is 0. The van der Waals surface area contributed by atoms with Crippen LogP contribution in [-0.2, 0) is 0 Å². The molecule has 1 aliphatic rings. The second-order valence-electron chi connectivity index (χ2n) is 4.49. The molecule has 0 saturated heterocycles. The average molecular weight is 206 g/mol. The van der Waals surface area contributed by atoms with Gasteiger partial charge in [0.25, 0.3) is 5.56 Å². The molecule has 0 atom stereocenters. The Morgan fingerprint density at radius 1 is 1.27 bits per heavy atom. The minimum absolute atomic E-state index is 0.0602. The molecular weight excluding hydrogens is 188 g/mol. The van der Waals surface area contributed by atoms with Crippen LogP contribution in [0, 0.1) is 13.8 Å². The van der Waals surface area contributed by atoms with Crippen molar-refractivity contribution in [2.45, 2.75) is 52.0 Å². The van der Waals surface area contributed by atoms with Gasteiger partial charge < -0.3 is 0 Å². The molecule has 0 unspecified atom stereocenters. The zero-order valence-electron chi connectivity index (χ0n) is 9.49. The summed E-state index contributed by atoms with van der Waals surface area (Å²) < 4.78 is 1.70. The molecule has 15 heavy (non-hydrogen) atoms. The van der Waals surface area contributed by atoms with Crippen LogP contribution in [0.1, 0.15) is 49.4 Å². The highest BCUT2D eigenvalue weighted by Crippen LogP contribution is 2.26. The van der Waals surface area contributed by atoms with E-state index in [0.29, 0.717) is 6.04 Å². The van der Waals surface area contributed by atoms with Crippen LogP contribution >= 0.6 is 0 Å². The Morgan fingerprint density at radius 2 is 1.93 bits per heavy atom. The smallest absolute Gasteiger partial charge is 0.267 e. The fourth-order valence-electron chi connectivity index (χ4n) is 2.23. The van der Waals surface area contributed by atoms with Gasteiger partial charge in [0, 0.05) is 6.07 Å². The average Bonchev–Trinajstić information content (AvgIpc) is 2.25. The second kappa shape index (κ2) is 4.17. The normalized spacial score (nSPS) is 18.0. The highest BCUT2D eigenvalue weighted by atomic mass is 16.1. The summed E-state index contributed by atoms with van der Waals surface area (Å²) >= 11 is 0. The number of aryl methyl sites for hydroxylation is 2. The first-order valence-corrected chi connectivity index (χ1v) is 5.75. The van der Waals surface area contributed by atoms with Gasteiger partial charge in [0.1, 0.15) is 0 Å². The van der Waals surface area contributed by atoms with Gasteiger partial charge in [-0.2, -0.15) is 5.10 Å². The topological polar surface area (TPSA) is 34.9 Å². The van der Waals surface area contributed by atoms with Crippen molar-refractivity contribution in [3.05, 3.63) is 27.7 Å². The zero-order chi connectivity index (χ0) is 10.8. The quantitative estimate of drug-likeness (QED) is 0.707. The Bertz CT molecular complexity index is 403. The van der Waals surface area contributed by atoms with Crippen molar-refractivity contribution in [1.82, 2.24) is 9.78 Å². The van der Waals surface area contributed by atoms with Crippen LogP contribution in [0.15, 0.2) is 10.9 Å². The molecule has 1 heterocycles. The molecule has 3 nitrogen and oxygen atoms in total. The summed E-state index contributed by atoms with van der Waals surface area (Å²) in [5.74, 6) is 0. The van der Waals surface area contributed by atoms with Crippen LogP contribution in [0.3, 0.4) is 0 Å². The predicted molar refractivity (Wildman–Crippen MR) is 60.1 cm³/mol. The lowest BCUT2D eigenvalue weighted by Crippen LogP contribution is -2.29. The van der Waals surface area contributed by atoms with Gasteiger partial charge in [-0.3, -0.25) is 4.79 Å². The van der Waals surface area contributed by atoms with E-state index in [4.69, 9.17) is 0 Å². The number of nitrogens with zero attached hydrogens (tertiary/aromatic N) is 2. The molecule has 2 rings (SSSR count). The van der Waals surface area contributed by atoms with E-state index in [1.807, 2.05) is 13.8 Å². The van der Waals surface area contributed by atoms with E-state index in [0.717, 1.165) is 24.1 Å². The molecule has 1 fully saturated rings. The standard InChI is InChI=1S/C12H18N2O/c1-9-8-12(15)14(13-10(9)2)11-6-4-3-5-7-11/h8,11H,3-7H2,1-2H3. The van der Waals surface area contributed by atoms with Crippen molar-refractivity contribution in [2.24, 2.45) is 0 Å². The number of aromatic nitrogens is 2. The molecule has 1 saturated carbocycles. The van der Waals surface area contributed by atoms with E-state index in [-0.39, 0.29) is 5.56 Å². The van der Waals surface area contributed by atoms with E-state index in [1.165, 1.54) is 19.3 Å². The van der Waals surface area contributed by atoms with Crippen molar-refractivity contribution < 1.29 is 0 Å². The lowest BCUT2D eigenvalue weighted by Gasteiger charge is -2.23. The van der Waals surface area contributed by atoms with Gasteiger partial charge in [0.15, 0.2) is 0 Å². The molecule has 0 amide bonds. The summed E-state index contributed by atoms with van der Waals surface area (Å²) in [6, 6.07) is 2.04. The molecule has 0 spiro atoms. The number of hydrogen-bond acceptors (Lipinski definition) is 2. The minimum atomic E-state index is 0.0602. The van der Waals surface area contributed by atoms with Gasteiger partial charge in [-0.25, -0.2) is 4.68 Å². The van der Waals surface area contributed by atoms with Crippen molar-refractivity contribution in [3.8, 4) is 0 Å². The first-order valence-electron chi connectivity index (χ1n) is 5.75. The van der Waals surface area contributed by atoms with E-state index < -0.39 is 0 Å². The summed E-state index contributed by atoms with van der Waals surface area (Å²) in [6.07, 6.45) is 5.97. The van der Waals surface area contributed by atoms with Crippen molar-refractivity contribution in [3.63, 3.8) is 0 Å². The third kappa shape index (κ3) is 2.11. The number of rotatable bonds is 1. The van der Waals surface area contributed by atoms with Crippen molar-refractivity contribution >= 4 is 0 Å². The van der Waals surface area contributed by atoms with Gasteiger partial charge >= 0.3 is 0 Å². The first kappa shape index (κ1) is 10.4. The Hall–Kier alpha value is -1.12. The van der Waals surface area contributed by atoms with Gasteiger partial charge in [-0.05, 0) is 32.3 Å². The summed E-state index contributed by atoms with van der Waals surface area (Å²) in [5, 5.41) is 4.40.